The summed E-state index contributed by atoms with van der Waals surface area (Å²) in [5.41, 5.74) is 2.32. The summed E-state index contributed by atoms with van der Waals surface area (Å²) in [7, 11) is -2.58. The van der Waals surface area contributed by atoms with Gasteiger partial charge in [-0.1, -0.05) is 18.2 Å². The summed E-state index contributed by atoms with van der Waals surface area (Å²) >= 11 is 0. The third-order valence-corrected chi connectivity index (χ3v) is 5.96. The molecule has 0 radical (unpaired) electrons. The first kappa shape index (κ1) is 21.1. The monoisotopic (exact) mass is 444 g/mol. The fraction of sp³-hybridized carbons (Fsp3) is 0.316. The van der Waals surface area contributed by atoms with E-state index in [4.69, 9.17) is 19.5 Å². The minimum atomic E-state index is -2.58. The third kappa shape index (κ3) is 3.40. The number of para-hydroxylation sites is 1. The van der Waals surface area contributed by atoms with Crippen LogP contribution in [0.1, 0.15) is 12.6 Å². The summed E-state index contributed by atoms with van der Waals surface area (Å²) in [6.07, 6.45) is -1.53. The second kappa shape index (κ2) is 7.85. The predicted molar refractivity (Wildman–Crippen MR) is 107 cm³/mol. The molecule has 4 N–H and O–H groups in total. The Hall–Kier alpha value is -3.13. The van der Waals surface area contributed by atoms with Gasteiger partial charge in [0, 0.05) is 4.57 Å². The van der Waals surface area contributed by atoms with Gasteiger partial charge in [0.05, 0.1) is 5.69 Å². The molecule has 3 aromatic rings. The predicted octanol–water partition coefficient (Wildman–Crippen LogP) is 1.29. The lowest BCUT2D eigenvalue weighted by molar-refractivity contribution is -0.109. The molecule has 12 heteroatoms. The Balaban J connectivity index is 1.58. The molecule has 0 saturated carbocycles. The summed E-state index contributed by atoms with van der Waals surface area (Å²) in [6, 6.07) is 13.4. The number of rotatable bonds is 6. The van der Waals surface area contributed by atoms with Crippen LogP contribution in [0.25, 0.3) is 5.52 Å². The number of benzene rings is 1. The van der Waals surface area contributed by atoms with Crippen molar-refractivity contribution >= 4 is 19.6 Å². The van der Waals surface area contributed by atoms with Crippen LogP contribution in [0.4, 0.5) is 5.82 Å². The van der Waals surface area contributed by atoms with Crippen LogP contribution in [0.15, 0.2) is 48.8 Å². The number of fused-ring (bicyclic) bond motifs is 1. The van der Waals surface area contributed by atoms with Gasteiger partial charge >= 0.3 is 8.25 Å². The molecule has 3 heterocycles. The van der Waals surface area contributed by atoms with Crippen LogP contribution in [0, 0.1) is 11.3 Å². The highest BCUT2D eigenvalue weighted by molar-refractivity contribution is 7.33. The molecule has 0 amide bonds. The molecule has 1 aliphatic rings. The molecule has 0 spiro atoms. The number of nitrogens with zero attached hydrogens (tertiary/aromatic N) is 4. The van der Waals surface area contributed by atoms with E-state index >= 15 is 0 Å². The average Bonchev–Trinajstić information content (AvgIpc) is 3.27. The Morgan fingerprint density at radius 1 is 1.35 bits per heavy atom. The normalized spacial score (nSPS) is 28.4. The van der Waals surface area contributed by atoms with Gasteiger partial charge in [0.1, 0.15) is 42.3 Å². The van der Waals surface area contributed by atoms with Crippen LogP contribution in [0.5, 0.6) is 5.75 Å². The molecule has 1 fully saturated rings. The zero-order chi connectivity index (χ0) is 22.2. The van der Waals surface area contributed by atoms with E-state index in [1.807, 2.05) is 6.07 Å². The molecule has 0 bridgehead atoms. The number of hydrogen-bond acceptors (Lipinski definition) is 10. The van der Waals surface area contributed by atoms with Crippen molar-refractivity contribution in [1.82, 2.24) is 14.6 Å². The Morgan fingerprint density at radius 3 is 2.81 bits per heavy atom. The van der Waals surface area contributed by atoms with E-state index in [1.165, 1.54) is 23.8 Å². The van der Waals surface area contributed by atoms with Crippen LogP contribution >= 0.6 is 8.25 Å². The highest BCUT2D eigenvalue weighted by atomic mass is 31.1. The molecule has 1 saturated heterocycles. The first-order chi connectivity index (χ1) is 14.8. The first-order valence-electron chi connectivity index (χ1n) is 9.21. The van der Waals surface area contributed by atoms with Gasteiger partial charge in [0.25, 0.3) is 0 Å². The zero-order valence-electron chi connectivity index (χ0n) is 16.3. The van der Waals surface area contributed by atoms with Crippen molar-refractivity contribution in [1.29, 1.82) is 5.26 Å². The number of nitriles is 1. The number of aliphatic hydroxyl groups is 2. The van der Waals surface area contributed by atoms with Crippen molar-refractivity contribution in [2.45, 2.75) is 30.3 Å². The third-order valence-electron chi connectivity index (χ3n) is 5.24. The Morgan fingerprint density at radius 2 is 2.10 bits per heavy atom. The zero-order valence-corrected chi connectivity index (χ0v) is 17.2. The topological polar surface area (TPSA) is 165 Å². The molecule has 31 heavy (non-hydrogen) atoms. The molecule has 160 valence electrons. The standard InChI is InChI=1S/C19H19N5O6P/c1-18(26)16(25)14(9-28-31(27)30-12-5-3-2-4-6-12)29-19(18,10-20)15-8-7-13-17(21)22-11-23-24(13)15/h2-8,11,14,16,25-26H,9H2,1H3,(H2,21,22,23)/q+1/t14-,16-,18-,19+/m1/s1. The van der Waals surface area contributed by atoms with Gasteiger partial charge < -0.3 is 20.7 Å². The molecule has 1 aromatic carbocycles. The molecule has 4 rings (SSSR count). The maximum Gasteiger partial charge on any atom is 0.750 e. The molecule has 2 aromatic heterocycles. The van der Waals surface area contributed by atoms with Crippen molar-refractivity contribution in [3.63, 3.8) is 0 Å². The minimum absolute atomic E-state index is 0.149. The summed E-state index contributed by atoms with van der Waals surface area (Å²) in [5.74, 6) is 0.509. The van der Waals surface area contributed by atoms with E-state index in [9.17, 15) is 20.0 Å². The van der Waals surface area contributed by atoms with Crippen molar-refractivity contribution in [3.8, 4) is 11.8 Å². The quantitative estimate of drug-likeness (QED) is 0.472. The summed E-state index contributed by atoms with van der Waals surface area (Å²) < 4.78 is 29.6. The largest absolute Gasteiger partial charge is 0.750 e. The number of aliphatic hydroxyl groups excluding tert-OH is 1. The van der Waals surface area contributed by atoms with E-state index in [0.717, 1.165) is 0 Å². The van der Waals surface area contributed by atoms with E-state index < -0.39 is 38.3 Å². The van der Waals surface area contributed by atoms with E-state index in [0.29, 0.717) is 11.3 Å². The van der Waals surface area contributed by atoms with Gasteiger partial charge in [0.2, 0.25) is 5.60 Å². The van der Waals surface area contributed by atoms with Crippen molar-refractivity contribution in [2.24, 2.45) is 0 Å². The molecule has 5 atom stereocenters. The highest BCUT2D eigenvalue weighted by Crippen LogP contribution is 2.47. The second-order valence-electron chi connectivity index (χ2n) is 7.13. The van der Waals surface area contributed by atoms with Gasteiger partial charge in [-0.3, -0.25) is 0 Å². The molecular weight excluding hydrogens is 425 g/mol. The first-order valence-corrected chi connectivity index (χ1v) is 10.3. The minimum Gasteiger partial charge on any atom is -0.387 e. The lowest BCUT2D eigenvalue weighted by Crippen LogP contribution is -2.52. The highest BCUT2D eigenvalue weighted by Gasteiger charge is 2.65. The van der Waals surface area contributed by atoms with Crippen molar-refractivity contribution in [2.75, 3.05) is 12.3 Å². The summed E-state index contributed by atoms with van der Waals surface area (Å²) in [6.45, 7) is 0.870. The van der Waals surface area contributed by atoms with Gasteiger partial charge in [-0.2, -0.15) is 10.4 Å². The van der Waals surface area contributed by atoms with Gasteiger partial charge in [-0.15, -0.1) is 4.52 Å². The SMILES string of the molecule is C[C@@]1(O)[C@H](O)[C@@H](CO[P+](=O)Oc2ccccc2)O[C@@]1(C#N)c1ccc2c(N)ncnn12. The molecule has 11 nitrogen and oxygen atoms in total. The number of nitrogens with two attached hydrogens (primary N) is 1. The Kier molecular flexibility index (Phi) is 5.35. The van der Waals surface area contributed by atoms with Crippen LogP contribution in [-0.2, 0) is 19.4 Å². The van der Waals surface area contributed by atoms with E-state index in [-0.39, 0.29) is 11.5 Å². The number of nitrogen functional groups attached to an aromatic ring is 1. The van der Waals surface area contributed by atoms with Crippen LogP contribution in [0.2, 0.25) is 0 Å². The second-order valence-corrected chi connectivity index (χ2v) is 8.01. The van der Waals surface area contributed by atoms with Gasteiger partial charge in [-0.25, -0.2) is 14.0 Å². The summed E-state index contributed by atoms with van der Waals surface area (Å²) in [5, 5.41) is 35.9. The lowest BCUT2D eigenvalue weighted by atomic mass is 9.80. The average molecular weight is 444 g/mol. The smallest absolute Gasteiger partial charge is 0.387 e. The van der Waals surface area contributed by atoms with Crippen LogP contribution < -0.4 is 10.3 Å². The number of aromatic nitrogens is 3. The maximum atomic E-state index is 12.1. The number of hydrogen-bond donors (Lipinski definition) is 3. The van der Waals surface area contributed by atoms with Crippen LogP contribution in [0.3, 0.4) is 0 Å². The fourth-order valence-electron chi connectivity index (χ4n) is 3.57. The number of anilines is 1. The van der Waals surface area contributed by atoms with Crippen LogP contribution in [-0.4, -0.2) is 49.2 Å². The van der Waals surface area contributed by atoms with Gasteiger partial charge in [-0.05, 0) is 31.2 Å². The van der Waals surface area contributed by atoms with Gasteiger partial charge in [0.15, 0.2) is 11.6 Å². The lowest BCUT2D eigenvalue weighted by Gasteiger charge is -2.33. The Bertz CT molecular complexity index is 1160. The van der Waals surface area contributed by atoms with E-state index in [1.54, 1.807) is 36.4 Å². The molecule has 0 aliphatic carbocycles. The molecular formula is C19H19N5O6P+. The van der Waals surface area contributed by atoms with Crippen molar-refractivity contribution in [3.05, 3.63) is 54.5 Å². The maximum absolute atomic E-state index is 12.1. The molecule has 1 aliphatic heterocycles. The Labute approximate surface area is 177 Å². The van der Waals surface area contributed by atoms with E-state index in [2.05, 4.69) is 10.1 Å². The van der Waals surface area contributed by atoms with Crippen molar-refractivity contribution < 1.29 is 28.6 Å². The fourth-order valence-corrected chi connectivity index (χ4v) is 4.19. The number of ether oxygens (including phenoxy) is 1. The molecule has 1 unspecified atom stereocenters. The summed E-state index contributed by atoms with van der Waals surface area (Å²) in [4.78, 5) is 3.89.